The number of alkyl halides is 3. The quantitative estimate of drug-likeness (QED) is 0.466. The van der Waals surface area contributed by atoms with Gasteiger partial charge in [-0.25, -0.2) is 4.79 Å². The van der Waals surface area contributed by atoms with Crippen molar-refractivity contribution in [2.45, 2.75) is 33.1 Å². The minimum Gasteiger partial charge on any atom is -0.337 e. The molecule has 7 nitrogen and oxygen atoms in total. The number of halogens is 3. The third-order valence-electron chi connectivity index (χ3n) is 4.89. The molecule has 2 heterocycles. The average Bonchev–Trinajstić information content (AvgIpc) is 3.22. The van der Waals surface area contributed by atoms with E-state index in [0.29, 0.717) is 10.9 Å². The zero-order valence-corrected chi connectivity index (χ0v) is 17.3. The molecular formula is C22H19F3N4O3. The Hall–Kier alpha value is -3.69. The van der Waals surface area contributed by atoms with Crippen molar-refractivity contribution in [3.63, 3.8) is 0 Å². The first-order chi connectivity index (χ1) is 15.1. The van der Waals surface area contributed by atoms with E-state index in [2.05, 4.69) is 10.1 Å². The molecular weight excluding hydrogens is 425 g/mol. The molecule has 0 radical (unpaired) electrons. The van der Waals surface area contributed by atoms with Crippen LogP contribution in [0.5, 0.6) is 0 Å². The Morgan fingerprint density at radius 3 is 2.50 bits per heavy atom. The van der Waals surface area contributed by atoms with Crippen LogP contribution in [0, 0.1) is 5.92 Å². The molecule has 2 aromatic heterocycles. The highest BCUT2D eigenvalue weighted by Gasteiger charge is 2.30. The van der Waals surface area contributed by atoms with Gasteiger partial charge in [0.1, 0.15) is 6.54 Å². The topological polar surface area (TPSA) is 82.9 Å². The van der Waals surface area contributed by atoms with Crippen LogP contribution < -0.4 is 11.2 Å². The van der Waals surface area contributed by atoms with Crippen molar-refractivity contribution in [3.8, 4) is 11.4 Å². The number of nitrogens with zero attached hydrogens (tertiary/aromatic N) is 4. The van der Waals surface area contributed by atoms with Gasteiger partial charge in [0, 0.05) is 12.1 Å². The van der Waals surface area contributed by atoms with Crippen LogP contribution in [0.4, 0.5) is 13.2 Å². The summed E-state index contributed by atoms with van der Waals surface area (Å²) in [5.74, 6) is 0.0595. The van der Waals surface area contributed by atoms with Crippen LogP contribution in [-0.4, -0.2) is 19.3 Å². The maximum Gasteiger partial charge on any atom is 0.416 e. The summed E-state index contributed by atoms with van der Waals surface area (Å²) in [6, 6.07) is 11.3. The van der Waals surface area contributed by atoms with Gasteiger partial charge in [-0.15, -0.1) is 0 Å². The Bertz CT molecular complexity index is 1400. The van der Waals surface area contributed by atoms with Crippen LogP contribution in [0.15, 0.2) is 62.6 Å². The molecule has 0 bridgehead atoms. The van der Waals surface area contributed by atoms with Gasteiger partial charge < -0.3 is 4.52 Å². The predicted molar refractivity (Wildman–Crippen MR) is 111 cm³/mol. The summed E-state index contributed by atoms with van der Waals surface area (Å²) in [6.07, 6.45) is -4.50. The lowest BCUT2D eigenvalue weighted by molar-refractivity contribution is -0.137. The molecule has 0 amide bonds. The highest BCUT2D eigenvalue weighted by atomic mass is 19.4. The first-order valence-electron chi connectivity index (χ1n) is 9.87. The number of hydrogen-bond donors (Lipinski definition) is 0. The summed E-state index contributed by atoms with van der Waals surface area (Å²) in [5.41, 5.74) is -1.20. The van der Waals surface area contributed by atoms with Crippen molar-refractivity contribution in [1.29, 1.82) is 0 Å². The SMILES string of the molecule is CC(C)Cn1c(=O)c2ccccc2n(Cc2nc(-c3cccc(C(F)(F)F)c3)no2)c1=O. The number of rotatable bonds is 5. The van der Waals surface area contributed by atoms with Gasteiger partial charge in [-0.1, -0.05) is 43.3 Å². The van der Waals surface area contributed by atoms with E-state index in [1.54, 1.807) is 24.3 Å². The Labute approximate surface area is 179 Å². The van der Waals surface area contributed by atoms with Gasteiger partial charge in [-0.3, -0.25) is 13.9 Å². The largest absolute Gasteiger partial charge is 0.416 e. The second-order valence-electron chi connectivity index (χ2n) is 7.79. The molecule has 32 heavy (non-hydrogen) atoms. The highest BCUT2D eigenvalue weighted by Crippen LogP contribution is 2.31. The van der Waals surface area contributed by atoms with Crippen LogP contribution in [0.3, 0.4) is 0 Å². The van der Waals surface area contributed by atoms with E-state index >= 15 is 0 Å². The summed E-state index contributed by atoms with van der Waals surface area (Å²) in [5, 5.41) is 4.13. The average molecular weight is 444 g/mol. The van der Waals surface area contributed by atoms with E-state index in [-0.39, 0.29) is 41.8 Å². The zero-order valence-electron chi connectivity index (χ0n) is 17.3. The molecule has 4 aromatic rings. The van der Waals surface area contributed by atoms with E-state index in [0.717, 1.165) is 16.7 Å². The molecule has 0 aliphatic rings. The second kappa shape index (κ2) is 8.10. The fourth-order valence-corrected chi connectivity index (χ4v) is 3.46. The van der Waals surface area contributed by atoms with Crippen LogP contribution in [0.1, 0.15) is 25.3 Å². The third-order valence-corrected chi connectivity index (χ3v) is 4.89. The Morgan fingerprint density at radius 2 is 1.78 bits per heavy atom. The summed E-state index contributed by atoms with van der Waals surface area (Å²) < 4.78 is 46.7. The van der Waals surface area contributed by atoms with E-state index in [1.807, 2.05) is 13.8 Å². The van der Waals surface area contributed by atoms with Gasteiger partial charge in [0.15, 0.2) is 0 Å². The molecule has 4 rings (SSSR count). The van der Waals surface area contributed by atoms with Crippen LogP contribution >= 0.6 is 0 Å². The van der Waals surface area contributed by atoms with E-state index in [4.69, 9.17) is 4.52 Å². The maximum atomic E-state index is 13.1. The molecule has 10 heteroatoms. The van der Waals surface area contributed by atoms with E-state index in [1.165, 1.54) is 16.7 Å². The standard InChI is InChI=1S/C22H19F3N4O3/c1-13(2)11-29-20(30)16-8-3-4-9-17(16)28(21(29)31)12-18-26-19(27-32-18)14-6-5-7-15(10-14)22(23,24)25/h3-10,13H,11-12H2,1-2H3. The molecule has 0 aliphatic carbocycles. The summed E-state index contributed by atoms with van der Waals surface area (Å²) in [7, 11) is 0. The first-order valence-corrected chi connectivity index (χ1v) is 9.87. The Balaban J connectivity index is 1.77. The van der Waals surface area contributed by atoms with Gasteiger partial charge in [-0.2, -0.15) is 18.2 Å². The normalized spacial score (nSPS) is 12.1. The van der Waals surface area contributed by atoms with Crippen LogP contribution in [0.2, 0.25) is 0 Å². The Morgan fingerprint density at radius 1 is 1.03 bits per heavy atom. The molecule has 0 atom stereocenters. The number of fused-ring (bicyclic) bond motifs is 1. The summed E-state index contributed by atoms with van der Waals surface area (Å²) >= 11 is 0. The first kappa shape index (κ1) is 21.5. The molecule has 2 aromatic carbocycles. The van der Waals surface area contributed by atoms with Crippen molar-refractivity contribution < 1.29 is 17.7 Å². The molecule has 0 fully saturated rings. The van der Waals surface area contributed by atoms with Gasteiger partial charge in [0.05, 0.1) is 16.5 Å². The molecule has 0 unspecified atom stereocenters. The maximum absolute atomic E-state index is 13.1. The van der Waals surface area contributed by atoms with Crippen LogP contribution in [0.25, 0.3) is 22.3 Å². The van der Waals surface area contributed by atoms with E-state index in [9.17, 15) is 22.8 Å². The lowest BCUT2D eigenvalue weighted by atomic mass is 10.1. The van der Waals surface area contributed by atoms with Crippen molar-refractivity contribution in [2.24, 2.45) is 5.92 Å². The predicted octanol–water partition coefficient (Wildman–Crippen LogP) is 3.94. The van der Waals surface area contributed by atoms with E-state index < -0.39 is 17.4 Å². The van der Waals surface area contributed by atoms with Gasteiger partial charge in [0.25, 0.3) is 5.56 Å². The molecule has 0 spiro atoms. The fraction of sp³-hybridized carbons (Fsp3) is 0.273. The highest BCUT2D eigenvalue weighted by molar-refractivity contribution is 5.77. The third kappa shape index (κ3) is 4.08. The summed E-state index contributed by atoms with van der Waals surface area (Å²) in [6.45, 7) is 3.89. The lowest BCUT2D eigenvalue weighted by Crippen LogP contribution is -2.41. The minimum atomic E-state index is -4.50. The van der Waals surface area contributed by atoms with Gasteiger partial charge in [-0.05, 0) is 30.2 Å². The number of hydrogen-bond acceptors (Lipinski definition) is 5. The minimum absolute atomic E-state index is 0.0272. The molecule has 0 N–H and O–H groups in total. The van der Waals surface area contributed by atoms with Crippen LogP contribution in [-0.2, 0) is 19.3 Å². The molecule has 0 saturated heterocycles. The fourth-order valence-electron chi connectivity index (χ4n) is 3.46. The smallest absolute Gasteiger partial charge is 0.337 e. The van der Waals surface area contributed by atoms with Crippen molar-refractivity contribution in [3.05, 3.63) is 80.8 Å². The zero-order chi connectivity index (χ0) is 23.0. The molecule has 0 aliphatic heterocycles. The number of para-hydroxylation sites is 1. The molecule has 166 valence electrons. The monoisotopic (exact) mass is 444 g/mol. The molecule has 0 saturated carbocycles. The van der Waals surface area contributed by atoms with Gasteiger partial charge in [0.2, 0.25) is 11.7 Å². The Kier molecular flexibility index (Phi) is 5.45. The number of aromatic nitrogens is 4. The van der Waals surface area contributed by atoms with Crippen molar-refractivity contribution >= 4 is 10.9 Å². The van der Waals surface area contributed by atoms with Gasteiger partial charge >= 0.3 is 11.9 Å². The second-order valence-corrected chi connectivity index (χ2v) is 7.79. The number of benzene rings is 2. The summed E-state index contributed by atoms with van der Waals surface area (Å²) in [4.78, 5) is 30.1. The van der Waals surface area contributed by atoms with Crippen molar-refractivity contribution in [1.82, 2.24) is 19.3 Å². The van der Waals surface area contributed by atoms with Crippen molar-refractivity contribution in [2.75, 3.05) is 0 Å². The lowest BCUT2D eigenvalue weighted by Gasteiger charge is -2.14.